The molecular formula is C25H40Cl2N4O2. The van der Waals surface area contributed by atoms with E-state index in [0.717, 1.165) is 84.7 Å². The molecule has 8 heteroatoms. The van der Waals surface area contributed by atoms with E-state index in [1.807, 2.05) is 0 Å². The van der Waals surface area contributed by atoms with Gasteiger partial charge < -0.3 is 20.3 Å². The zero-order valence-electron chi connectivity index (χ0n) is 19.6. The second kappa shape index (κ2) is 12.1. The van der Waals surface area contributed by atoms with E-state index in [2.05, 4.69) is 44.7 Å². The molecule has 6 nitrogen and oxygen atoms in total. The van der Waals surface area contributed by atoms with Gasteiger partial charge in [-0.05, 0) is 62.6 Å². The van der Waals surface area contributed by atoms with Crippen molar-refractivity contribution >= 4 is 36.4 Å². The molecule has 3 atom stereocenters. The van der Waals surface area contributed by atoms with Crippen molar-refractivity contribution in [3.63, 3.8) is 0 Å². The van der Waals surface area contributed by atoms with Crippen LogP contribution >= 0.6 is 24.8 Å². The molecule has 0 unspecified atom stereocenters. The fourth-order valence-electron chi connectivity index (χ4n) is 6.49. The van der Waals surface area contributed by atoms with Gasteiger partial charge in [0.2, 0.25) is 5.91 Å². The quantitative estimate of drug-likeness (QED) is 0.653. The van der Waals surface area contributed by atoms with Gasteiger partial charge in [0.15, 0.2) is 0 Å². The molecule has 0 spiro atoms. The molecule has 0 radical (unpaired) electrons. The standard InChI is InChI=1S/C25H38N4O2.2ClH/c30-24(27-11-13-29-12-3-5-20-4-1-2-6-23(20)29)25-9-7-22(28-14-16-31-17-15-28)18-21(25)8-10-26-19-25;;/h1-2,4,6,21-22,26H,3,5,7-19H2,(H,27,30);2*1H/t21-,22+,25-;;/m1../s1. The predicted octanol–water partition coefficient (Wildman–Crippen LogP) is 2.88. The Kier molecular flexibility index (Phi) is 9.72. The molecule has 1 saturated carbocycles. The number of morpholine rings is 1. The highest BCUT2D eigenvalue weighted by molar-refractivity contribution is 5.85. The normalized spacial score (nSPS) is 29.6. The smallest absolute Gasteiger partial charge is 0.227 e. The first kappa shape index (κ1) is 26.6. The van der Waals surface area contributed by atoms with Crippen LogP contribution in [0.25, 0.3) is 0 Å². The fraction of sp³-hybridized carbons (Fsp3) is 0.720. The van der Waals surface area contributed by atoms with Crippen LogP contribution in [0.15, 0.2) is 24.3 Å². The number of nitrogens with one attached hydrogen (secondary N) is 2. The lowest BCUT2D eigenvalue weighted by molar-refractivity contribution is -0.140. The van der Waals surface area contributed by atoms with Crippen LogP contribution in [0, 0.1) is 11.3 Å². The Bertz CT molecular complexity index is 777. The Balaban J connectivity index is 0.00000153. The van der Waals surface area contributed by atoms with Crippen LogP contribution in [0.3, 0.4) is 0 Å². The lowest BCUT2D eigenvalue weighted by Gasteiger charge is -2.51. The van der Waals surface area contributed by atoms with Crippen LogP contribution in [0.4, 0.5) is 5.69 Å². The van der Waals surface area contributed by atoms with Gasteiger partial charge in [0.25, 0.3) is 0 Å². The zero-order chi connectivity index (χ0) is 21.1. The van der Waals surface area contributed by atoms with E-state index >= 15 is 0 Å². The number of carbonyl (C=O) groups excluding carboxylic acids is 1. The highest BCUT2D eigenvalue weighted by Gasteiger charge is 2.50. The van der Waals surface area contributed by atoms with E-state index in [1.165, 1.54) is 24.1 Å². The molecule has 33 heavy (non-hydrogen) atoms. The summed E-state index contributed by atoms with van der Waals surface area (Å²) in [6.07, 6.45) is 6.78. The summed E-state index contributed by atoms with van der Waals surface area (Å²) in [6.45, 7) is 8.40. The number of para-hydroxylation sites is 1. The highest BCUT2D eigenvalue weighted by atomic mass is 35.5. The molecule has 0 bridgehead atoms. The fourth-order valence-corrected chi connectivity index (χ4v) is 6.49. The maximum atomic E-state index is 13.5. The summed E-state index contributed by atoms with van der Waals surface area (Å²) in [4.78, 5) is 18.6. The first-order chi connectivity index (χ1) is 15.3. The molecule has 0 aromatic heterocycles. The number of benzene rings is 1. The summed E-state index contributed by atoms with van der Waals surface area (Å²) in [5, 5.41) is 6.91. The maximum absolute atomic E-state index is 13.5. The minimum atomic E-state index is -0.221. The van der Waals surface area contributed by atoms with E-state index in [0.29, 0.717) is 12.0 Å². The number of rotatable bonds is 5. The topological polar surface area (TPSA) is 56.8 Å². The van der Waals surface area contributed by atoms with Crippen LogP contribution in [-0.4, -0.2) is 75.9 Å². The molecule has 2 saturated heterocycles. The SMILES string of the molecule is Cl.Cl.O=C(NCCN1CCCc2ccccc21)[C@@]12CC[C@H](N3CCOCC3)C[C@H]1CCNC2. The zero-order valence-corrected chi connectivity index (χ0v) is 21.2. The van der Waals surface area contributed by atoms with Gasteiger partial charge in [0.05, 0.1) is 18.6 Å². The van der Waals surface area contributed by atoms with E-state index < -0.39 is 0 Å². The third kappa shape index (κ3) is 5.62. The van der Waals surface area contributed by atoms with Gasteiger partial charge in [0.1, 0.15) is 0 Å². The minimum absolute atomic E-state index is 0. The Morgan fingerprint density at radius 2 is 1.97 bits per heavy atom. The van der Waals surface area contributed by atoms with Crippen LogP contribution in [0.1, 0.15) is 37.7 Å². The number of anilines is 1. The van der Waals surface area contributed by atoms with Crippen LogP contribution in [0.5, 0.6) is 0 Å². The first-order valence-electron chi connectivity index (χ1n) is 12.4. The third-order valence-corrected chi connectivity index (χ3v) is 8.26. The number of piperidine rings is 1. The number of halogens is 2. The average Bonchev–Trinajstić information content (AvgIpc) is 2.84. The van der Waals surface area contributed by atoms with E-state index in [4.69, 9.17) is 4.74 Å². The monoisotopic (exact) mass is 498 g/mol. The van der Waals surface area contributed by atoms with Gasteiger partial charge in [0, 0.05) is 51.0 Å². The highest BCUT2D eigenvalue weighted by Crippen LogP contribution is 2.46. The van der Waals surface area contributed by atoms with Crippen molar-refractivity contribution < 1.29 is 9.53 Å². The van der Waals surface area contributed by atoms with Crippen molar-refractivity contribution in [2.45, 2.75) is 44.6 Å². The van der Waals surface area contributed by atoms with Crippen molar-refractivity contribution in [3.05, 3.63) is 29.8 Å². The molecule has 5 rings (SSSR count). The average molecular weight is 500 g/mol. The first-order valence-corrected chi connectivity index (χ1v) is 12.4. The molecular weight excluding hydrogens is 459 g/mol. The number of aryl methyl sites for hydroxylation is 1. The number of hydrogen-bond donors (Lipinski definition) is 2. The van der Waals surface area contributed by atoms with Gasteiger partial charge in [-0.25, -0.2) is 0 Å². The molecule has 186 valence electrons. The van der Waals surface area contributed by atoms with Gasteiger partial charge in [-0.15, -0.1) is 24.8 Å². The molecule has 1 aromatic rings. The van der Waals surface area contributed by atoms with Gasteiger partial charge in [-0.2, -0.15) is 0 Å². The summed E-state index contributed by atoms with van der Waals surface area (Å²) in [5.41, 5.74) is 2.57. The largest absolute Gasteiger partial charge is 0.379 e. The number of carbonyl (C=O) groups is 1. The van der Waals surface area contributed by atoms with Crippen LogP contribution < -0.4 is 15.5 Å². The van der Waals surface area contributed by atoms with Gasteiger partial charge in [-0.1, -0.05) is 18.2 Å². The van der Waals surface area contributed by atoms with Crippen molar-refractivity contribution in [2.75, 3.05) is 63.9 Å². The second-order valence-corrected chi connectivity index (χ2v) is 9.87. The molecule has 2 N–H and O–H groups in total. The molecule has 3 heterocycles. The second-order valence-electron chi connectivity index (χ2n) is 9.87. The Labute approximate surface area is 211 Å². The molecule has 3 fully saturated rings. The minimum Gasteiger partial charge on any atom is -0.379 e. The van der Waals surface area contributed by atoms with Gasteiger partial charge in [-0.3, -0.25) is 9.69 Å². The number of ether oxygens (including phenoxy) is 1. The van der Waals surface area contributed by atoms with Crippen LogP contribution in [0.2, 0.25) is 0 Å². The summed E-state index contributed by atoms with van der Waals surface area (Å²) in [5.74, 6) is 0.779. The molecule has 1 aromatic carbocycles. The lowest BCUT2D eigenvalue weighted by atomic mass is 9.61. The molecule has 4 aliphatic rings. The summed E-state index contributed by atoms with van der Waals surface area (Å²) in [7, 11) is 0. The van der Waals surface area contributed by atoms with Gasteiger partial charge >= 0.3 is 0 Å². The number of nitrogens with zero attached hydrogens (tertiary/aromatic N) is 2. The van der Waals surface area contributed by atoms with E-state index in [1.54, 1.807) is 0 Å². The molecule has 1 aliphatic carbocycles. The number of hydrogen-bond acceptors (Lipinski definition) is 5. The molecule has 1 amide bonds. The van der Waals surface area contributed by atoms with E-state index in [9.17, 15) is 4.79 Å². The summed E-state index contributed by atoms with van der Waals surface area (Å²) >= 11 is 0. The Morgan fingerprint density at radius 3 is 2.82 bits per heavy atom. The van der Waals surface area contributed by atoms with Crippen molar-refractivity contribution in [2.24, 2.45) is 11.3 Å². The summed E-state index contributed by atoms with van der Waals surface area (Å²) in [6, 6.07) is 9.35. The number of fused-ring (bicyclic) bond motifs is 2. The van der Waals surface area contributed by atoms with Crippen molar-refractivity contribution in [1.82, 2.24) is 15.5 Å². The van der Waals surface area contributed by atoms with Crippen molar-refractivity contribution in [3.8, 4) is 0 Å². The van der Waals surface area contributed by atoms with E-state index in [-0.39, 0.29) is 36.1 Å². The number of amides is 1. The Morgan fingerprint density at radius 1 is 1.15 bits per heavy atom. The maximum Gasteiger partial charge on any atom is 0.227 e. The molecule has 3 aliphatic heterocycles. The summed E-state index contributed by atoms with van der Waals surface area (Å²) < 4.78 is 5.55. The van der Waals surface area contributed by atoms with Crippen molar-refractivity contribution in [1.29, 1.82) is 0 Å². The lowest BCUT2D eigenvalue weighted by Crippen LogP contribution is -2.60. The predicted molar refractivity (Wildman–Crippen MR) is 138 cm³/mol. The Hall–Kier alpha value is -1.05. The van der Waals surface area contributed by atoms with Crippen LogP contribution in [-0.2, 0) is 16.0 Å². The third-order valence-electron chi connectivity index (χ3n) is 8.26.